The molecule has 0 aromatic rings. The SMILES string of the molecule is CCCC(C#N)C(=O)N(CC1CC1)CC1CC1. The highest BCUT2D eigenvalue weighted by atomic mass is 16.2. The fourth-order valence-corrected chi connectivity index (χ4v) is 2.23. The predicted octanol–water partition coefficient (Wildman–Crippen LogP) is 2.57. The summed E-state index contributed by atoms with van der Waals surface area (Å²) in [5, 5.41) is 9.08. The zero-order chi connectivity index (χ0) is 12.3. The highest BCUT2D eigenvalue weighted by molar-refractivity contribution is 5.81. The first-order valence-electron chi connectivity index (χ1n) is 6.93. The van der Waals surface area contributed by atoms with Crippen molar-refractivity contribution in [2.45, 2.75) is 45.4 Å². The third-order valence-corrected chi connectivity index (χ3v) is 3.69. The highest BCUT2D eigenvalue weighted by Gasteiger charge is 2.33. The molecule has 0 aromatic carbocycles. The van der Waals surface area contributed by atoms with Crippen molar-refractivity contribution in [3.05, 3.63) is 0 Å². The fourth-order valence-electron chi connectivity index (χ4n) is 2.23. The lowest BCUT2D eigenvalue weighted by Gasteiger charge is -2.24. The zero-order valence-corrected chi connectivity index (χ0v) is 10.7. The average molecular weight is 234 g/mol. The van der Waals surface area contributed by atoms with Crippen LogP contribution in [0.15, 0.2) is 0 Å². The van der Waals surface area contributed by atoms with E-state index in [1.54, 1.807) is 0 Å². The third kappa shape index (κ3) is 3.73. The van der Waals surface area contributed by atoms with Crippen molar-refractivity contribution < 1.29 is 4.79 Å². The van der Waals surface area contributed by atoms with Crippen LogP contribution in [0.4, 0.5) is 0 Å². The maximum Gasteiger partial charge on any atom is 0.239 e. The third-order valence-electron chi connectivity index (χ3n) is 3.69. The Morgan fingerprint density at radius 3 is 2.18 bits per heavy atom. The summed E-state index contributed by atoms with van der Waals surface area (Å²) in [6, 6.07) is 2.18. The molecule has 1 amide bonds. The lowest BCUT2D eigenvalue weighted by atomic mass is 10.0. The maximum absolute atomic E-state index is 12.3. The largest absolute Gasteiger partial charge is 0.341 e. The van der Waals surface area contributed by atoms with Crippen LogP contribution < -0.4 is 0 Å². The molecule has 2 aliphatic rings. The molecule has 1 atom stereocenters. The summed E-state index contributed by atoms with van der Waals surface area (Å²) in [4.78, 5) is 14.3. The second-order valence-corrected chi connectivity index (χ2v) is 5.60. The summed E-state index contributed by atoms with van der Waals surface area (Å²) < 4.78 is 0. The molecule has 0 heterocycles. The van der Waals surface area contributed by atoms with Crippen molar-refractivity contribution in [1.29, 1.82) is 5.26 Å². The summed E-state index contributed by atoms with van der Waals surface area (Å²) in [7, 11) is 0. The summed E-state index contributed by atoms with van der Waals surface area (Å²) in [6.07, 6.45) is 6.67. The van der Waals surface area contributed by atoms with Crippen molar-refractivity contribution in [2.24, 2.45) is 17.8 Å². The number of nitrogens with zero attached hydrogens (tertiary/aromatic N) is 2. The first-order chi connectivity index (χ1) is 8.24. The van der Waals surface area contributed by atoms with Gasteiger partial charge >= 0.3 is 0 Å². The second kappa shape index (κ2) is 5.53. The molecule has 2 fully saturated rings. The molecule has 2 saturated carbocycles. The van der Waals surface area contributed by atoms with E-state index < -0.39 is 5.92 Å². The number of amides is 1. The van der Waals surface area contributed by atoms with E-state index in [-0.39, 0.29) is 5.91 Å². The van der Waals surface area contributed by atoms with Crippen molar-refractivity contribution in [1.82, 2.24) is 4.90 Å². The molecule has 94 valence electrons. The van der Waals surface area contributed by atoms with Crippen LogP contribution in [0, 0.1) is 29.1 Å². The van der Waals surface area contributed by atoms with Gasteiger partial charge in [0.25, 0.3) is 0 Å². The molecular weight excluding hydrogens is 212 g/mol. The van der Waals surface area contributed by atoms with E-state index in [4.69, 9.17) is 5.26 Å². The lowest BCUT2D eigenvalue weighted by Crippen LogP contribution is -2.38. The second-order valence-electron chi connectivity index (χ2n) is 5.60. The van der Waals surface area contributed by atoms with E-state index in [0.717, 1.165) is 31.3 Å². The van der Waals surface area contributed by atoms with Gasteiger partial charge in [-0.3, -0.25) is 4.79 Å². The van der Waals surface area contributed by atoms with Gasteiger partial charge in [0.2, 0.25) is 5.91 Å². The fraction of sp³-hybridized carbons (Fsp3) is 0.857. The van der Waals surface area contributed by atoms with E-state index in [2.05, 4.69) is 6.07 Å². The molecule has 3 nitrogen and oxygen atoms in total. The van der Waals surface area contributed by atoms with Crippen molar-refractivity contribution >= 4 is 5.91 Å². The standard InChI is InChI=1S/C14H22N2O/c1-2-3-13(8-15)14(17)16(9-11-4-5-11)10-12-6-7-12/h11-13H,2-7,9-10H2,1H3. The summed E-state index contributed by atoms with van der Waals surface area (Å²) in [5.74, 6) is 1.13. The van der Waals surface area contributed by atoms with Crippen LogP contribution in [0.3, 0.4) is 0 Å². The van der Waals surface area contributed by atoms with Gasteiger partial charge in [0, 0.05) is 13.1 Å². The molecule has 2 rings (SSSR count). The van der Waals surface area contributed by atoms with Crippen LogP contribution in [0.2, 0.25) is 0 Å². The maximum atomic E-state index is 12.3. The van der Waals surface area contributed by atoms with Crippen LogP contribution in [-0.2, 0) is 4.79 Å². The molecule has 17 heavy (non-hydrogen) atoms. The molecule has 0 spiro atoms. The molecule has 1 unspecified atom stereocenters. The molecule has 0 aliphatic heterocycles. The number of rotatable bonds is 7. The highest BCUT2D eigenvalue weighted by Crippen LogP contribution is 2.34. The minimum atomic E-state index is -0.405. The Balaban J connectivity index is 1.91. The smallest absolute Gasteiger partial charge is 0.239 e. The Kier molecular flexibility index (Phi) is 4.04. The van der Waals surface area contributed by atoms with Crippen LogP contribution in [0.25, 0.3) is 0 Å². The minimum absolute atomic E-state index is 0.0909. The monoisotopic (exact) mass is 234 g/mol. The Morgan fingerprint density at radius 2 is 1.82 bits per heavy atom. The molecule has 0 aromatic heterocycles. The van der Waals surface area contributed by atoms with Gasteiger partial charge < -0.3 is 4.90 Å². The summed E-state index contributed by atoms with van der Waals surface area (Å²) >= 11 is 0. The quantitative estimate of drug-likeness (QED) is 0.679. The number of nitriles is 1. The van der Waals surface area contributed by atoms with E-state index in [0.29, 0.717) is 6.42 Å². The van der Waals surface area contributed by atoms with Gasteiger partial charge in [-0.15, -0.1) is 0 Å². The zero-order valence-electron chi connectivity index (χ0n) is 10.7. The van der Waals surface area contributed by atoms with E-state index in [1.807, 2.05) is 11.8 Å². The molecule has 0 saturated heterocycles. The van der Waals surface area contributed by atoms with Gasteiger partial charge in [0.05, 0.1) is 6.07 Å². The van der Waals surface area contributed by atoms with Crippen LogP contribution in [0.1, 0.15) is 45.4 Å². The van der Waals surface area contributed by atoms with Crippen molar-refractivity contribution in [2.75, 3.05) is 13.1 Å². The topological polar surface area (TPSA) is 44.1 Å². The summed E-state index contributed by atoms with van der Waals surface area (Å²) in [5.41, 5.74) is 0. The Labute approximate surface area is 104 Å². The van der Waals surface area contributed by atoms with Gasteiger partial charge in [0.1, 0.15) is 5.92 Å². The molecule has 0 bridgehead atoms. The Morgan fingerprint density at radius 1 is 1.29 bits per heavy atom. The number of carbonyl (C=O) groups is 1. The van der Waals surface area contributed by atoms with E-state index in [1.165, 1.54) is 25.7 Å². The normalized spacial score (nSPS) is 20.7. The van der Waals surface area contributed by atoms with Crippen LogP contribution >= 0.6 is 0 Å². The predicted molar refractivity (Wildman–Crippen MR) is 66.0 cm³/mol. The molecule has 0 radical (unpaired) electrons. The van der Waals surface area contributed by atoms with E-state index in [9.17, 15) is 4.79 Å². The summed E-state index contributed by atoms with van der Waals surface area (Å²) in [6.45, 7) is 3.83. The number of carbonyl (C=O) groups excluding carboxylic acids is 1. The first kappa shape index (κ1) is 12.4. The van der Waals surface area contributed by atoms with Crippen molar-refractivity contribution in [3.8, 4) is 6.07 Å². The molecule has 3 heteroatoms. The van der Waals surface area contributed by atoms with Gasteiger partial charge in [-0.2, -0.15) is 5.26 Å². The van der Waals surface area contributed by atoms with E-state index >= 15 is 0 Å². The average Bonchev–Trinajstić information content (AvgIpc) is 3.18. The number of hydrogen-bond acceptors (Lipinski definition) is 2. The van der Waals surface area contributed by atoms with Crippen LogP contribution in [0.5, 0.6) is 0 Å². The first-order valence-corrected chi connectivity index (χ1v) is 6.93. The lowest BCUT2D eigenvalue weighted by molar-refractivity contribution is -0.134. The molecule has 0 N–H and O–H groups in total. The molecule has 2 aliphatic carbocycles. The van der Waals surface area contributed by atoms with Gasteiger partial charge in [0.15, 0.2) is 0 Å². The van der Waals surface area contributed by atoms with Gasteiger partial charge in [-0.25, -0.2) is 0 Å². The van der Waals surface area contributed by atoms with Crippen molar-refractivity contribution in [3.63, 3.8) is 0 Å². The molecular formula is C14H22N2O. The minimum Gasteiger partial charge on any atom is -0.341 e. The Hall–Kier alpha value is -1.04. The van der Waals surface area contributed by atoms with Gasteiger partial charge in [-0.1, -0.05) is 13.3 Å². The Bertz CT molecular complexity index is 299. The number of hydrogen-bond donors (Lipinski definition) is 0. The van der Waals surface area contributed by atoms with Crippen LogP contribution in [-0.4, -0.2) is 23.9 Å². The van der Waals surface area contributed by atoms with Gasteiger partial charge in [-0.05, 0) is 43.9 Å².